The molecule has 0 aliphatic carbocycles. The molecule has 1 unspecified atom stereocenters. The minimum Gasteiger partial charge on any atom is -0.472 e. The van der Waals surface area contributed by atoms with Crippen molar-refractivity contribution in [3.63, 3.8) is 0 Å². The minimum atomic E-state index is 0.180. The molecular weight excluding hydrogens is 244 g/mol. The van der Waals surface area contributed by atoms with E-state index in [-0.39, 0.29) is 6.10 Å². The van der Waals surface area contributed by atoms with E-state index in [9.17, 15) is 0 Å². The highest BCUT2D eigenvalue weighted by atomic mass is 16.5. The van der Waals surface area contributed by atoms with Gasteiger partial charge in [0.1, 0.15) is 12.4 Å². The van der Waals surface area contributed by atoms with Crippen molar-refractivity contribution in [3.05, 3.63) is 18.6 Å². The maximum Gasteiger partial charge on any atom is 0.260 e. The molecule has 2 aromatic rings. The van der Waals surface area contributed by atoms with E-state index in [1.54, 1.807) is 6.20 Å². The highest BCUT2D eigenvalue weighted by molar-refractivity contribution is 5.53. The Morgan fingerprint density at radius 1 is 1.58 bits per heavy atom. The van der Waals surface area contributed by atoms with Crippen LogP contribution in [-0.4, -0.2) is 40.2 Å². The van der Waals surface area contributed by atoms with Gasteiger partial charge in [0.2, 0.25) is 5.65 Å². The summed E-state index contributed by atoms with van der Waals surface area (Å²) in [6, 6.07) is 0. The first-order valence-electron chi connectivity index (χ1n) is 6.69. The van der Waals surface area contributed by atoms with Gasteiger partial charge in [0.05, 0.1) is 12.3 Å². The predicted molar refractivity (Wildman–Crippen MR) is 71.6 cm³/mol. The van der Waals surface area contributed by atoms with Crippen LogP contribution in [0, 0.1) is 0 Å². The van der Waals surface area contributed by atoms with E-state index in [1.807, 2.05) is 23.7 Å². The molecule has 0 amide bonds. The summed E-state index contributed by atoms with van der Waals surface area (Å²) in [5.74, 6) is 1.34. The molecule has 2 aromatic heterocycles. The van der Waals surface area contributed by atoms with Gasteiger partial charge < -0.3 is 14.8 Å². The van der Waals surface area contributed by atoms with E-state index in [2.05, 4.69) is 15.3 Å². The molecule has 19 heavy (non-hydrogen) atoms. The smallest absolute Gasteiger partial charge is 0.260 e. The van der Waals surface area contributed by atoms with E-state index in [0.29, 0.717) is 12.5 Å². The lowest BCUT2D eigenvalue weighted by Gasteiger charge is -2.12. The predicted octanol–water partition coefficient (Wildman–Crippen LogP) is 1.72. The van der Waals surface area contributed by atoms with Crippen molar-refractivity contribution in [3.8, 4) is 5.88 Å². The van der Waals surface area contributed by atoms with E-state index >= 15 is 0 Å². The Morgan fingerprint density at radius 3 is 3.32 bits per heavy atom. The fraction of sp³-hybridized carbons (Fsp3) is 0.538. The first-order valence-corrected chi connectivity index (χ1v) is 6.69. The SMILES string of the molecule is CCNc1cn2ccnc2c(OCC2CCCO2)n1. The lowest BCUT2D eigenvalue weighted by Crippen LogP contribution is -2.17. The summed E-state index contributed by atoms with van der Waals surface area (Å²) < 4.78 is 13.3. The lowest BCUT2D eigenvalue weighted by atomic mass is 10.2. The van der Waals surface area contributed by atoms with Crippen molar-refractivity contribution in [1.29, 1.82) is 0 Å². The summed E-state index contributed by atoms with van der Waals surface area (Å²) in [6.45, 7) is 4.22. The van der Waals surface area contributed by atoms with Crippen LogP contribution in [0.2, 0.25) is 0 Å². The van der Waals surface area contributed by atoms with Crippen LogP contribution in [0.4, 0.5) is 5.82 Å². The molecule has 3 heterocycles. The molecule has 0 radical (unpaired) electrons. The largest absolute Gasteiger partial charge is 0.472 e. The van der Waals surface area contributed by atoms with Crippen LogP contribution in [0.15, 0.2) is 18.6 Å². The van der Waals surface area contributed by atoms with E-state index < -0.39 is 0 Å². The summed E-state index contributed by atoms with van der Waals surface area (Å²) in [4.78, 5) is 8.72. The van der Waals surface area contributed by atoms with Gasteiger partial charge in [0.25, 0.3) is 5.88 Å². The number of nitrogens with one attached hydrogen (secondary N) is 1. The Balaban J connectivity index is 1.80. The Bertz CT molecular complexity index is 549. The van der Waals surface area contributed by atoms with Gasteiger partial charge in [-0.05, 0) is 19.8 Å². The van der Waals surface area contributed by atoms with Crippen LogP contribution < -0.4 is 10.1 Å². The molecular formula is C13H18N4O2. The zero-order chi connectivity index (χ0) is 13.1. The zero-order valence-corrected chi connectivity index (χ0v) is 11.0. The summed E-state index contributed by atoms with van der Waals surface area (Å²) in [5, 5.41) is 3.19. The molecule has 1 N–H and O–H groups in total. The molecule has 1 fully saturated rings. The van der Waals surface area contributed by atoms with Crippen LogP contribution in [0.5, 0.6) is 5.88 Å². The standard InChI is InChI=1S/C13H18N4O2/c1-2-14-11-8-17-6-5-15-12(17)13(16-11)19-9-10-4-3-7-18-10/h5-6,8,10,14H,2-4,7,9H2,1H3. The Hall–Kier alpha value is -1.82. The molecule has 0 spiro atoms. The number of fused-ring (bicyclic) bond motifs is 1. The lowest BCUT2D eigenvalue weighted by molar-refractivity contribution is 0.0667. The van der Waals surface area contributed by atoms with Crippen molar-refractivity contribution >= 4 is 11.5 Å². The molecule has 0 saturated carbocycles. The Labute approximate surface area is 111 Å². The summed E-state index contributed by atoms with van der Waals surface area (Å²) >= 11 is 0. The number of hydrogen-bond donors (Lipinski definition) is 1. The number of nitrogens with zero attached hydrogens (tertiary/aromatic N) is 3. The zero-order valence-electron chi connectivity index (χ0n) is 11.0. The fourth-order valence-electron chi connectivity index (χ4n) is 2.21. The maximum atomic E-state index is 5.79. The summed E-state index contributed by atoms with van der Waals surface area (Å²) in [6.07, 6.45) is 7.88. The maximum absolute atomic E-state index is 5.79. The number of anilines is 1. The van der Waals surface area contributed by atoms with Crippen molar-refractivity contribution in [2.24, 2.45) is 0 Å². The number of imidazole rings is 1. The van der Waals surface area contributed by atoms with E-state index in [4.69, 9.17) is 9.47 Å². The van der Waals surface area contributed by atoms with Crippen molar-refractivity contribution in [2.75, 3.05) is 25.1 Å². The average molecular weight is 262 g/mol. The molecule has 6 heteroatoms. The van der Waals surface area contributed by atoms with Crippen LogP contribution in [0.25, 0.3) is 5.65 Å². The molecule has 3 rings (SSSR count). The van der Waals surface area contributed by atoms with Gasteiger partial charge in [-0.15, -0.1) is 0 Å². The molecule has 102 valence electrons. The molecule has 6 nitrogen and oxygen atoms in total. The average Bonchev–Trinajstić information content (AvgIpc) is 3.07. The van der Waals surface area contributed by atoms with Crippen LogP contribution in [0.3, 0.4) is 0 Å². The van der Waals surface area contributed by atoms with Gasteiger partial charge in [-0.3, -0.25) is 4.40 Å². The van der Waals surface area contributed by atoms with Gasteiger partial charge >= 0.3 is 0 Å². The Kier molecular flexibility index (Phi) is 3.50. The van der Waals surface area contributed by atoms with Crippen molar-refractivity contribution in [1.82, 2.24) is 14.4 Å². The normalized spacial score (nSPS) is 18.9. The van der Waals surface area contributed by atoms with Crippen LogP contribution in [-0.2, 0) is 4.74 Å². The van der Waals surface area contributed by atoms with Crippen LogP contribution in [0.1, 0.15) is 19.8 Å². The molecule has 1 saturated heterocycles. The molecule has 1 aliphatic rings. The van der Waals surface area contributed by atoms with Crippen molar-refractivity contribution in [2.45, 2.75) is 25.9 Å². The number of aromatic nitrogens is 3. The number of hydrogen-bond acceptors (Lipinski definition) is 5. The first-order chi connectivity index (χ1) is 9.36. The highest BCUT2D eigenvalue weighted by Gasteiger charge is 2.17. The molecule has 1 atom stereocenters. The Morgan fingerprint density at radius 2 is 2.53 bits per heavy atom. The molecule has 1 aliphatic heterocycles. The second-order valence-electron chi connectivity index (χ2n) is 4.57. The summed E-state index contributed by atoms with van der Waals surface area (Å²) in [5.41, 5.74) is 0.736. The second kappa shape index (κ2) is 5.44. The molecule has 0 bridgehead atoms. The van der Waals surface area contributed by atoms with Gasteiger partial charge in [0, 0.05) is 25.5 Å². The van der Waals surface area contributed by atoms with E-state index in [0.717, 1.165) is 37.5 Å². The molecule has 0 aromatic carbocycles. The van der Waals surface area contributed by atoms with E-state index in [1.165, 1.54) is 0 Å². The second-order valence-corrected chi connectivity index (χ2v) is 4.57. The number of rotatable bonds is 5. The fourth-order valence-corrected chi connectivity index (χ4v) is 2.21. The third kappa shape index (κ3) is 2.63. The third-order valence-electron chi connectivity index (χ3n) is 3.13. The topological polar surface area (TPSA) is 60.7 Å². The van der Waals surface area contributed by atoms with Gasteiger partial charge in [-0.2, -0.15) is 4.98 Å². The van der Waals surface area contributed by atoms with Gasteiger partial charge in [0.15, 0.2) is 0 Å². The third-order valence-corrected chi connectivity index (χ3v) is 3.13. The minimum absolute atomic E-state index is 0.180. The van der Waals surface area contributed by atoms with Crippen LogP contribution >= 0.6 is 0 Å². The highest BCUT2D eigenvalue weighted by Crippen LogP contribution is 2.20. The first kappa shape index (κ1) is 12.2. The quantitative estimate of drug-likeness (QED) is 0.889. The monoisotopic (exact) mass is 262 g/mol. The van der Waals surface area contributed by atoms with Crippen molar-refractivity contribution < 1.29 is 9.47 Å². The summed E-state index contributed by atoms with van der Waals surface area (Å²) in [7, 11) is 0. The van der Waals surface area contributed by atoms with Gasteiger partial charge in [-0.25, -0.2) is 4.98 Å². The van der Waals surface area contributed by atoms with Gasteiger partial charge in [-0.1, -0.05) is 0 Å². The number of ether oxygens (including phenoxy) is 2.